The summed E-state index contributed by atoms with van der Waals surface area (Å²) in [6, 6.07) is 6.41. The number of alkyl halides is 4. The van der Waals surface area contributed by atoms with E-state index in [2.05, 4.69) is 41.6 Å². The quantitative estimate of drug-likeness (QED) is 0.233. The summed E-state index contributed by atoms with van der Waals surface area (Å²) in [5, 5.41) is 8.71. The molecule has 0 saturated carbocycles. The SMILES string of the molecule is CCCc1cc(Cl)ccc1OC(F)F.Cc1cc(Cl)ncc1C(=N)C(Br)Br. The van der Waals surface area contributed by atoms with Gasteiger partial charge in [0.1, 0.15) is 14.6 Å². The molecule has 0 aliphatic heterocycles. The molecule has 0 bridgehead atoms. The third-order valence-electron chi connectivity index (χ3n) is 3.34. The molecule has 1 aromatic heterocycles. The van der Waals surface area contributed by atoms with Crippen molar-refractivity contribution in [3.63, 3.8) is 0 Å². The first-order valence-electron chi connectivity index (χ1n) is 7.88. The molecule has 0 unspecified atom stereocenters. The maximum absolute atomic E-state index is 12.0. The lowest BCUT2D eigenvalue weighted by Gasteiger charge is -2.09. The van der Waals surface area contributed by atoms with E-state index in [1.165, 1.54) is 6.07 Å². The largest absolute Gasteiger partial charge is 0.435 e. The van der Waals surface area contributed by atoms with Crippen molar-refractivity contribution < 1.29 is 13.5 Å². The van der Waals surface area contributed by atoms with Crippen molar-refractivity contribution >= 4 is 60.8 Å². The fourth-order valence-corrected chi connectivity index (χ4v) is 3.05. The van der Waals surface area contributed by atoms with Crippen LogP contribution in [0.5, 0.6) is 5.75 Å². The van der Waals surface area contributed by atoms with Gasteiger partial charge >= 0.3 is 6.61 Å². The first kappa shape index (κ1) is 24.3. The Hall–Kier alpha value is -0.760. The second-order valence-electron chi connectivity index (χ2n) is 5.42. The summed E-state index contributed by atoms with van der Waals surface area (Å²) in [4.78, 5) is 3.93. The van der Waals surface area contributed by atoms with Crippen LogP contribution < -0.4 is 4.74 Å². The van der Waals surface area contributed by atoms with Gasteiger partial charge in [0.15, 0.2) is 0 Å². The van der Waals surface area contributed by atoms with Crippen molar-refractivity contribution in [3.8, 4) is 5.75 Å². The Morgan fingerprint density at radius 3 is 2.44 bits per heavy atom. The van der Waals surface area contributed by atoms with Gasteiger partial charge in [0.25, 0.3) is 0 Å². The number of aromatic nitrogens is 1. The molecule has 1 heterocycles. The van der Waals surface area contributed by atoms with E-state index < -0.39 is 6.61 Å². The molecule has 0 amide bonds. The molecule has 0 fully saturated rings. The maximum Gasteiger partial charge on any atom is 0.387 e. The molecule has 148 valence electrons. The van der Waals surface area contributed by atoms with E-state index in [0.717, 1.165) is 23.1 Å². The molecule has 0 aliphatic rings. The van der Waals surface area contributed by atoms with Crippen LogP contribution in [0.2, 0.25) is 10.2 Å². The van der Waals surface area contributed by atoms with Crippen molar-refractivity contribution in [3.05, 3.63) is 57.3 Å². The molecule has 9 heteroatoms. The minimum absolute atomic E-state index is 0.151. The molecule has 27 heavy (non-hydrogen) atoms. The molecule has 3 nitrogen and oxygen atoms in total. The minimum Gasteiger partial charge on any atom is -0.435 e. The monoisotopic (exact) mass is 544 g/mol. The number of rotatable bonds is 6. The Bertz CT molecular complexity index is 777. The number of benzene rings is 1. The van der Waals surface area contributed by atoms with Crippen LogP contribution in [0.4, 0.5) is 8.78 Å². The Kier molecular flexibility index (Phi) is 10.7. The molecule has 0 aliphatic carbocycles. The molecular formula is C18H18Br2Cl2F2N2O. The Morgan fingerprint density at radius 1 is 1.26 bits per heavy atom. The fourth-order valence-electron chi connectivity index (χ4n) is 2.14. The van der Waals surface area contributed by atoms with Crippen molar-refractivity contribution in [2.45, 2.75) is 37.0 Å². The summed E-state index contributed by atoms with van der Waals surface area (Å²) in [5.41, 5.74) is 2.92. The van der Waals surface area contributed by atoms with Crippen LogP contribution in [0.15, 0.2) is 30.5 Å². The highest BCUT2D eigenvalue weighted by Crippen LogP contribution is 2.25. The predicted octanol–water partition coefficient (Wildman–Crippen LogP) is 7.42. The molecular weight excluding hydrogens is 529 g/mol. The molecule has 0 spiro atoms. The molecule has 2 rings (SSSR count). The van der Waals surface area contributed by atoms with Gasteiger partial charge in [-0.2, -0.15) is 8.78 Å². The lowest BCUT2D eigenvalue weighted by atomic mass is 10.1. The van der Waals surface area contributed by atoms with Gasteiger partial charge in [0.2, 0.25) is 0 Å². The van der Waals surface area contributed by atoms with Crippen molar-refractivity contribution in [1.82, 2.24) is 4.98 Å². The normalized spacial score (nSPS) is 10.6. The van der Waals surface area contributed by atoms with Gasteiger partial charge in [-0.05, 0) is 48.7 Å². The van der Waals surface area contributed by atoms with Gasteiger partial charge in [-0.1, -0.05) is 68.4 Å². The van der Waals surface area contributed by atoms with Crippen molar-refractivity contribution in [2.75, 3.05) is 0 Å². The molecule has 0 saturated heterocycles. The van der Waals surface area contributed by atoms with Gasteiger partial charge in [-0.15, -0.1) is 0 Å². The van der Waals surface area contributed by atoms with E-state index in [-0.39, 0.29) is 9.49 Å². The number of ether oxygens (including phenoxy) is 1. The number of aryl methyl sites for hydroxylation is 2. The predicted molar refractivity (Wildman–Crippen MR) is 115 cm³/mol. The third kappa shape index (κ3) is 8.42. The zero-order valence-corrected chi connectivity index (χ0v) is 19.3. The summed E-state index contributed by atoms with van der Waals surface area (Å²) in [5.74, 6) is 0.214. The van der Waals surface area contributed by atoms with Crippen LogP contribution in [0.3, 0.4) is 0 Å². The van der Waals surface area contributed by atoms with Crippen molar-refractivity contribution in [1.29, 1.82) is 5.41 Å². The summed E-state index contributed by atoms with van der Waals surface area (Å²) in [6.07, 6.45) is 3.15. The minimum atomic E-state index is -2.79. The second kappa shape index (κ2) is 11.9. The number of nitrogens with zero attached hydrogens (tertiary/aromatic N) is 1. The summed E-state index contributed by atoms with van der Waals surface area (Å²) >= 11 is 18.0. The van der Waals surface area contributed by atoms with Gasteiger partial charge in [0, 0.05) is 16.8 Å². The van der Waals surface area contributed by atoms with Crippen LogP contribution in [0.1, 0.15) is 30.0 Å². The van der Waals surface area contributed by atoms with Crippen LogP contribution in [0.25, 0.3) is 0 Å². The Labute approximate surface area is 184 Å². The fraction of sp³-hybridized carbons (Fsp3) is 0.333. The number of pyridine rings is 1. The van der Waals surface area contributed by atoms with Gasteiger partial charge in [-0.25, -0.2) is 4.98 Å². The lowest BCUT2D eigenvalue weighted by molar-refractivity contribution is -0.0504. The highest BCUT2D eigenvalue weighted by Gasteiger charge is 2.12. The number of hydrogen-bond donors (Lipinski definition) is 1. The molecule has 1 N–H and O–H groups in total. The van der Waals surface area contributed by atoms with E-state index in [0.29, 0.717) is 22.3 Å². The van der Waals surface area contributed by atoms with E-state index in [1.54, 1.807) is 24.4 Å². The Balaban J connectivity index is 0.000000271. The van der Waals surface area contributed by atoms with Crippen molar-refractivity contribution in [2.24, 2.45) is 0 Å². The highest BCUT2D eigenvalue weighted by atomic mass is 79.9. The van der Waals surface area contributed by atoms with E-state index >= 15 is 0 Å². The van der Waals surface area contributed by atoms with E-state index in [9.17, 15) is 8.78 Å². The molecule has 0 atom stereocenters. The topological polar surface area (TPSA) is 46.0 Å². The van der Waals surface area contributed by atoms with Gasteiger partial charge in [0.05, 0.1) is 5.71 Å². The van der Waals surface area contributed by atoms with Gasteiger partial charge < -0.3 is 10.1 Å². The lowest BCUT2D eigenvalue weighted by Crippen LogP contribution is -2.09. The molecule has 1 aromatic carbocycles. The smallest absolute Gasteiger partial charge is 0.387 e. The molecule has 2 aromatic rings. The van der Waals surface area contributed by atoms with E-state index in [4.69, 9.17) is 28.6 Å². The summed E-state index contributed by atoms with van der Waals surface area (Å²) in [7, 11) is 0. The van der Waals surface area contributed by atoms with Crippen LogP contribution in [0, 0.1) is 12.3 Å². The standard InChI is InChI=1S/C10H11ClF2O.C8H7Br2ClN2/c1-2-3-7-6-8(11)4-5-9(7)14-10(12)13;1-4-2-6(11)13-3-5(4)7(12)8(9)10/h4-6,10H,2-3H2,1H3;2-3,8,12H,1H3. The third-order valence-corrected chi connectivity index (χ3v) is 4.70. The first-order valence-corrected chi connectivity index (χ1v) is 10.5. The van der Waals surface area contributed by atoms with Gasteiger partial charge in [-0.3, -0.25) is 0 Å². The number of halogens is 6. The summed E-state index contributed by atoms with van der Waals surface area (Å²) in [6.45, 7) is 1.08. The van der Waals surface area contributed by atoms with Crippen LogP contribution in [-0.4, -0.2) is 21.0 Å². The number of hydrogen-bond acceptors (Lipinski definition) is 3. The number of nitrogens with one attached hydrogen (secondary N) is 1. The zero-order chi connectivity index (χ0) is 20.6. The van der Waals surface area contributed by atoms with Crippen LogP contribution >= 0.6 is 55.1 Å². The highest BCUT2D eigenvalue weighted by molar-refractivity contribution is 9.25. The van der Waals surface area contributed by atoms with E-state index in [1.807, 2.05) is 13.8 Å². The zero-order valence-electron chi connectivity index (χ0n) is 14.6. The summed E-state index contributed by atoms with van der Waals surface area (Å²) < 4.78 is 28.2. The molecule has 0 radical (unpaired) electrons. The first-order chi connectivity index (χ1) is 12.6. The van der Waals surface area contributed by atoms with Crippen LogP contribution in [-0.2, 0) is 6.42 Å². The maximum atomic E-state index is 12.0. The Morgan fingerprint density at radius 2 is 1.93 bits per heavy atom. The second-order valence-corrected chi connectivity index (χ2v) is 9.30. The average molecular weight is 547 g/mol. The average Bonchev–Trinajstić information content (AvgIpc) is 2.57.